The van der Waals surface area contributed by atoms with Crippen LogP contribution >= 0.6 is 0 Å². The second kappa shape index (κ2) is 7.09. The normalized spacial score (nSPS) is 10.5. The molecule has 0 saturated carbocycles. The molecule has 0 aliphatic heterocycles. The van der Waals surface area contributed by atoms with E-state index in [1.807, 2.05) is 0 Å². The summed E-state index contributed by atoms with van der Waals surface area (Å²) in [4.78, 5) is 23.9. The SMILES string of the molecule is O=C(Cn1ccccc1=O)Nc1ccc(F)cc1-c1ccc(F)cc1. The van der Waals surface area contributed by atoms with Gasteiger partial charge in [0.15, 0.2) is 0 Å². The maximum atomic E-state index is 13.6. The third kappa shape index (κ3) is 3.98. The summed E-state index contributed by atoms with van der Waals surface area (Å²) < 4.78 is 28.0. The Hall–Kier alpha value is -3.28. The molecule has 1 N–H and O–H groups in total. The van der Waals surface area contributed by atoms with Crippen LogP contribution in [-0.4, -0.2) is 10.5 Å². The van der Waals surface area contributed by atoms with Gasteiger partial charge in [0.1, 0.15) is 18.2 Å². The van der Waals surface area contributed by atoms with Crippen LogP contribution in [0.3, 0.4) is 0 Å². The summed E-state index contributed by atoms with van der Waals surface area (Å²) in [5.41, 5.74) is 1.07. The van der Waals surface area contributed by atoms with Gasteiger partial charge in [-0.05, 0) is 42.0 Å². The number of benzene rings is 2. The number of aromatic nitrogens is 1. The molecule has 1 aromatic heterocycles. The molecule has 1 amide bonds. The highest BCUT2D eigenvalue weighted by Crippen LogP contribution is 2.29. The van der Waals surface area contributed by atoms with Gasteiger partial charge in [-0.3, -0.25) is 9.59 Å². The van der Waals surface area contributed by atoms with Crippen LogP contribution in [0.2, 0.25) is 0 Å². The van der Waals surface area contributed by atoms with Crippen molar-refractivity contribution in [2.75, 3.05) is 5.32 Å². The van der Waals surface area contributed by atoms with E-state index in [2.05, 4.69) is 5.32 Å². The first-order chi connectivity index (χ1) is 12.0. The van der Waals surface area contributed by atoms with Gasteiger partial charge in [0, 0.05) is 23.5 Å². The first-order valence-corrected chi connectivity index (χ1v) is 7.54. The number of nitrogens with zero attached hydrogens (tertiary/aromatic N) is 1. The zero-order valence-corrected chi connectivity index (χ0v) is 13.1. The van der Waals surface area contributed by atoms with E-state index in [1.54, 1.807) is 12.1 Å². The van der Waals surface area contributed by atoms with Crippen LogP contribution in [0.5, 0.6) is 0 Å². The fourth-order valence-corrected chi connectivity index (χ4v) is 2.43. The van der Waals surface area contributed by atoms with Crippen molar-refractivity contribution in [2.24, 2.45) is 0 Å². The average molecular weight is 340 g/mol. The fourth-order valence-electron chi connectivity index (χ4n) is 2.43. The third-order valence-corrected chi connectivity index (χ3v) is 3.62. The molecular weight excluding hydrogens is 326 g/mol. The average Bonchev–Trinajstić information content (AvgIpc) is 2.59. The Morgan fingerprint density at radius 1 is 0.960 bits per heavy atom. The molecule has 0 radical (unpaired) electrons. The Morgan fingerprint density at radius 2 is 1.68 bits per heavy atom. The molecule has 2 aromatic carbocycles. The molecular formula is C19H14F2N2O2. The molecule has 0 bridgehead atoms. The highest BCUT2D eigenvalue weighted by atomic mass is 19.1. The largest absolute Gasteiger partial charge is 0.324 e. The zero-order valence-electron chi connectivity index (χ0n) is 13.1. The van der Waals surface area contributed by atoms with Crippen molar-refractivity contribution in [2.45, 2.75) is 6.54 Å². The Bertz CT molecular complexity index is 966. The maximum absolute atomic E-state index is 13.6. The van der Waals surface area contributed by atoms with E-state index >= 15 is 0 Å². The Labute approximate surface area is 142 Å². The Balaban J connectivity index is 1.87. The van der Waals surface area contributed by atoms with Gasteiger partial charge in [-0.25, -0.2) is 8.78 Å². The van der Waals surface area contributed by atoms with Crippen LogP contribution in [-0.2, 0) is 11.3 Å². The van der Waals surface area contributed by atoms with Crippen LogP contribution in [0.1, 0.15) is 0 Å². The van der Waals surface area contributed by atoms with Gasteiger partial charge in [-0.15, -0.1) is 0 Å². The molecule has 1 heterocycles. The van der Waals surface area contributed by atoms with Gasteiger partial charge in [0.2, 0.25) is 5.91 Å². The number of pyridine rings is 1. The van der Waals surface area contributed by atoms with Gasteiger partial charge in [0.05, 0.1) is 0 Å². The minimum Gasteiger partial charge on any atom is -0.324 e. The number of anilines is 1. The molecule has 0 aliphatic rings. The second-order valence-electron chi connectivity index (χ2n) is 5.41. The fraction of sp³-hybridized carbons (Fsp3) is 0.0526. The molecule has 0 saturated heterocycles. The molecule has 0 fully saturated rings. The Kier molecular flexibility index (Phi) is 4.70. The van der Waals surface area contributed by atoms with Gasteiger partial charge in [-0.1, -0.05) is 18.2 Å². The van der Waals surface area contributed by atoms with Crippen LogP contribution in [0.15, 0.2) is 71.7 Å². The van der Waals surface area contributed by atoms with Crippen molar-refractivity contribution in [3.05, 3.63) is 88.8 Å². The van der Waals surface area contributed by atoms with Gasteiger partial charge >= 0.3 is 0 Å². The first-order valence-electron chi connectivity index (χ1n) is 7.54. The van der Waals surface area contributed by atoms with Crippen molar-refractivity contribution in [1.82, 2.24) is 4.57 Å². The summed E-state index contributed by atoms with van der Waals surface area (Å²) in [6.45, 7) is -0.167. The smallest absolute Gasteiger partial charge is 0.250 e. The van der Waals surface area contributed by atoms with Gasteiger partial charge in [0.25, 0.3) is 5.56 Å². The lowest BCUT2D eigenvalue weighted by Crippen LogP contribution is -2.26. The number of halogens is 2. The molecule has 0 atom stereocenters. The summed E-state index contributed by atoms with van der Waals surface area (Å²) in [5.74, 6) is -1.31. The van der Waals surface area contributed by atoms with Gasteiger partial charge < -0.3 is 9.88 Å². The number of nitrogens with one attached hydrogen (secondary N) is 1. The summed E-state index contributed by atoms with van der Waals surface area (Å²) >= 11 is 0. The second-order valence-corrected chi connectivity index (χ2v) is 5.41. The van der Waals surface area contributed by atoms with Gasteiger partial charge in [-0.2, -0.15) is 0 Å². The summed E-state index contributed by atoms with van der Waals surface area (Å²) in [6.07, 6.45) is 1.51. The summed E-state index contributed by atoms with van der Waals surface area (Å²) in [7, 11) is 0. The van der Waals surface area contributed by atoms with Crippen molar-refractivity contribution in [3.8, 4) is 11.1 Å². The van der Waals surface area contributed by atoms with Crippen LogP contribution in [0.4, 0.5) is 14.5 Å². The molecule has 126 valence electrons. The number of carbonyl (C=O) groups excluding carboxylic acids is 1. The summed E-state index contributed by atoms with van der Waals surface area (Å²) in [6, 6.07) is 14.0. The van der Waals surface area contributed by atoms with Crippen molar-refractivity contribution < 1.29 is 13.6 Å². The maximum Gasteiger partial charge on any atom is 0.250 e. The number of hydrogen-bond donors (Lipinski definition) is 1. The molecule has 0 aliphatic carbocycles. The van der Waals surface area contributed by atoms with E-state index < -0.39 is 17.5 Å². The molecule has 6 heteroatoms. The van der Waals surface area contributed by atoms with Crippen LogP contribution in [0, 0.1) is 11.6 Å². The zero-order chi connectivity index (χ0) is 17.8. The molecule has 0 unspecified atom stereocenters. The highest BCUT2D eigenvalue weighted by Gasteiger charge is 2.11. The van der Waals surface area contributed by atoms with E-state index in [4.69, 9.17) is 0 Å². The van der Waals surface area contributed by atoms with E-state index in [9.17, 15) is 18.4 Å². The quantitative estimate of drug-likeness (QED) is 0.791. The number of amides is 1. The molecule has 3 aromatic rings. The lowest BCUT2D eigenvalue weighted by Gasteiger charge is -2.12. The van der Waals surface area contributed by atoms with E-state index in [0.717, 1.165) is 0 Å². The predicted octanol–water partition coefficient (Wildman–Crippen LogP) is 3.43. The minimum atomic E-state index is -0.475. The number of rotatable bonds is 4. The van der Waals surface area contributed by atoms with Crippen LogP contribution < -0.4 is 10.9 Å². The van der Waals surface area contributed by atoms with E-state index in [1.165, 1.54) is 59.3 Å². The molecule has 0 spiro atoms. The van der Waals surface area contributed by atoms with Crippen molar-refractivity contribution >= 4 is 11.6 Å². The van der Waals surface area contributed by atoms with E-state index in [0.29, 0.717) is 16.8 Å². The lowest BCUT2D eigenvalue weighted by molar-refractivity contribution is -0.116. The predicted molar refractivity (Wildman–Crippen MR) is 91.1 cm³/mol. The molecule has 3 rings (SSSR count). The molecule has 4 nitrogen and oxygen atoms in total. The van der Waals surface area contributed by atoms with Crippen molar-refractivity contribution in [3.63, 3.8) is 0 Å². The Morgan fingerprint density at radius 3 is 2.40 bits per heavy atom. The standard InChI is InChI=1S/C19H14F2N2O2/c20-14-6-4-13(5-7-14)16-11-15(21)8-9-17(16)22-18(24)12-23-10-2-1-3-19(23)25/h1-11H,12H2,(H,22,24). The highest BCUT2D eigenvalue weighted by molar-refractivity contribution is 5.95. The lowest BCUT2D eigenvalue weighted by atomic mass is 10.0. The van der Waals surface area contributed by atoms with Crippen LogP contribution in [0.25, 0.3) is 11.1 Å². The van der Waals surface area contributed by atoms with E-state index in [-0.39, 0.29) is 12.1 Å². The van der Waals surface area contributed by atoms with Crippen molar-refractivity contribution in [1.29, 1.82) is 0 Å². The number of hydrogen-bond acceptors (Lipinski definition) is 2. The number of carbonyl (C=O) groups is 1. The first kappa shape index (κ1) is 16.6. The topological polar surface area (TPSA) is 51.1 Å². The molecule has 25 heavy (non-hydrogen) atoms. The summed E-state index contributed by atoms with van der Waals surface area (Å²) in [5, 5.41) is 2.67. The minimum absolute atomic E-state index is 0.167. The third-order valence-electron chi connectivity index (χ3n) is 3.62. The monoisotopic (exact) mass is 340 g/mol.